The molecule has 1 aliphatic carbocycles. The number of sulfone groups is 1. The van der Waals surface area contributed by atoms with Crippen molar-refractivity contribution in [3.05, 3.63) is 60.0 Å². The molecule has 5 rings (SSSR count). The van der Waals surface area contributed by atoms with Gasteiger partial charge < -0.3 is 9.38 Å². The molecular formula is C22H23N3O2S. The zero-order valence-electron chi connectivity index (χ0n) is 15.9. The molecule has 6 heteroatoms. The second-order valence-corrected chi connectivity index (χ2v) is 9.70. The zero-order chi connectivity index (χ0) is 19.3. The molecule has 3 aromatic heterocycles. The highest BCUT2D eigenvalue weighted by molar-refractivity contribution is 7.91. The molecular weight excluding hydrogens is 370 g/mol. The number of benzene rings is 1. The van der Waals surface area contributed by atoms with Crippen molar-refractivity contribution in [2.75, 3.05) is 0 Å². The molecule has 144 valence electrons. The Hall–Kier alpha value is -2.60. The maximum atomic E-state index is 13.5. The van der Waals surface area contributed by atoms with Crippen LogP contribution in [0.25, 0.3) is 16.7 Å². The number of fused-ring (bicyclic) bond motifs is 3. The van der Waals surface area contributed by atoms with E-state index in [4.69, 9.17) is 0 Å². The molecule has 4 aromatic rings. The predicted molar refractivity (Wildman–Crippen MR) is 110 cm³/mol. The number of nitrogens with one attached hydrogen (secondary N) is 1. The maximum absolute atomic E-state index is 13.5. The van der Waals surface area contributed by atoms with E-state index in [0.717, 1.165) is 23.9 Å². The lowest BCUT2D eigenvalue weighted by Gasteiger charge is -2.22. The normalized spacial score (nSPS) is 16.2. The number of H-pyrrole nitrogens is 1. The van der Waals surface area contributed by atoms with Crippen LogP contribution in [-0.2, 0) is 9.84 Å². The van der Waals surface area contributed by atoms with Gasteiger partial charge in [-0.1, -0.05) is 31.4 Å². The molecule has 0 spiro atoms. The van der Waals surface area contributed by atoms with Crippen LogP contribution in [0.1, 0.15) is 49.3 Å². The molecule has 0 unspecified atom stereocenters. The summed E-state index contributed by atoms with van der Waals surface area (Å²) in [5.74, 6) is 0.464. The number of rotatable bonds is 3. The van der Waals surface area contributed by atoms with Crippen molar-refractivity contribution in [3.8, 4) is 0 Å². The maximum Gasteiger partial charge on any atom is 0.210 e. The van der Waals surface area contributed by atoms with Crippen molar-refractivity contribution in [3.63, 3.8) is 0 Å². The minimum absolute atomic E-state index is 0.291. The van der Waals surface area contributed by atoms with E-state index in [-0.39, 0.29) is 0 Å². The molecule has 5 nitrogen and oxygen atoms in total. The fraction of sp³-hybridized carbons (Fsp3) is 0.318. The summed E-state index contributed by atoms with van der Waals surface area (Å²) >= 11 is 0. The molecule has 0 bridgehead atoms. The average molecular weight is 394 g/mol. The third-order valence-electron chi connectivity index (χ3n) is 5.90. The molecule has 28 heavy (non-hydrogen) atoms. The standard InChI is InChI=1S/C22H23N3O2S/c1-15-6-5-9-18(12-15)28(26,27)20-14-24-22-21(20)25-17(13-23-22)10-11-19(25)16-7-3-2-4-8-16/h5-6,9-14,16,24H,2-4,7-8H2,1H3. The van der Waals surface area contributed by atoms with Gasteiger partial charge in [0, 0.05) is 11.9 Å². The first-order chi connectivity index (χ1) is 13.6. The third-order valence-corrected chi connectivity index (χ3v) is 7.67. The summed E-state index contributed by atoms with van der Waals surface area (Å²) in [5.41, 5.74) is 4.32. The Balaban J connectivity index is 1.78. The van der Waals surface area contributed by atoms with Crippen LogP contribution in [0.5, 0.6) is 0 Å². The number of nitrogens with zero attached hydrogens (tertiary/aromatic N) is 2. The van der Waals surface area contributed by atoms with E-state index in [1.54, 1.807) is 24.4 Å². The van der Waals surface area contributed by atoms with E-state index >= 15 is 0 Å². The second kappa shape index (κ2) is 6.48. The molecule has 1 fully saturated rings. The minimum Gasteiger partial charge on any atom is -0.343 e. The predicted octanol–water partition coefficient (Wildman–Crippen LogP) is 5.00. The van der Waals surface area contributed by atoms with Crippen LogP contribution in [0.15, 0.2) is 58.6 Å². The van der Waals surface area contributed by atoms with E-state index in [1.807, 2.05) is 25.3 Å². The molecule has 1 saturated carbocycles. The largest absolute Gasteiger partial charge is 0.343 e. The monoisotopic (exact) mass is 393 g/mol. The summed E-state index contributed by atoms with van der Waals surface area (Å²) in [6.07, 6.45) is 9.45. The molecule has 1 N–H and O–H groups in total. The molecule has 3 heterocycles. The van der Waals surface area contributed by atoms with Crippen LogP contribution < -0.4 is 0 Å². The topological polar surface area (TPSA) is 67.2 Å². The molecule has 0 amide bonds. The van der Waals surface area contributed by atoms with E-state index in [9.17, 15) is 8.42 Å². The van der Waals surface area contributed by atoms with Crippen molar-refractivity contribution in [2.24, 2.45) is 0 Å². The molecule has 0 atom stereocenters. The van der Waals surface area contributed by atoms with Gasteiger partial charge in [0.05, 0.1) is 16.6 Å². The molecule has 1 aromatic carbocycles. The van der Waals surface area contributed by atoms with Crippen LogP contribution in [0, 0.1) is 6.92 Å². The zero-order valence-corrected chi connectivity index (χ0v) is 16.7. The summed E-state index contributed by atoms with van der Waals surface area (Å²) in [7, 11) is -3.65. The van der Waals surface area contributed by atoms with Gasteiger partial charge in [0.15, 0.2) is 5.65 Å². The summed E-state index contributed by atoms with van der Waals surface area (Å²) in [4.78, 5) is 8.16. The quantitative estimate of drug-likeness (QED) is 0.532. The first-order valence-corrected chi connectivity index (χ1v) is 11.3. The van der Waals surface area contributed by atoms with Crippen molar-refractivity contribution in [1.82, 2.24) is 14.4 Å². The van der Waals surface area contributed by atoms with Gasteiger partial charge in [-0.25, -0.2) is 13.4 Å². The molecule has 0 saturated heterocycles. The van der Waals surface area contributed by atoms with Crippen molar-refractivity contribution >= 4 is 26.5 Å². The van der Waals surface area contributed by atoms with E-state index in [0.29, 0.717) is 26.9 Å². The van der Waals surface area contributed by atoms with Crippen LogP contribution in [0.3, 0.4) is 0 Å². The second-order valence-electron chi connectivity index (χ2n) is 7.78. The van der Waals surface area contributed by atoms with Gasteiger partial charge in [-0.15, -0.1) is 0 Å². The van der Waals surface area contributed by atoms with Crippen molar-refractivity contribution in [1.29, 1.82) is 0 Å². The Bertz CT molecular complexity index is 1280. The highest BCUT2D eigenvalue weighted by atomic mass is 32.2. The highest BCUT2D eigenvalue weighted by Crippen LogP contribution is 2.36. The van der Waals surface area contributed by atoms with Crippen LogP contribution >= 0.6 is 0 Å². The Morgan fingerprint density at radius 3 is 2.71 bits per heavy atom. The smallest absolute Gasteiger partial charge is 0.210 e. The van der Waals surface area contributed by atoms with E-state index in [1.165, 1.54) is 25.0 Å². The summed E-state index contributed by atoms with van der Waals surface area (Å²) in [5, 5.41) is 0. The molecule has 0 radical (unpaired) electrons. The number of aryl methyl sites for hydroxylation is 1. The van der Waals surface area contributed by atoms with Gasteiger partial charge in [-0.3, -0.25) is 0 Å². The summed E-state index contributed by atoms with van der Waals surface area (Å²) < 4.78 is 29.0. The van der Waals surface area contributed by atoms with E-state index in [2.05, 4.69) is 20.4 Å². The van der Waals surface area contributed by atoms with Gasteiger partial charge >= 0.3 is 0 Å². The highest BCUT2D eigenvalue weighted by Gasteiger charge is 2.26. The summed E-state index contributed by atoms with van der Waals surface area (Å²) in [6.45, 7) is 1.90. The SMILES string of the molecule is Cc1cccc(S(=O)(=O)c2c[nH]c3ncc4ccc(C5CCCCC5)n4c23)c1. The van der Waals surface area contributed by atoms with Crippen LogP contribution in [0.4, 0.5) is 0 Å². The third kappa shape index (κ3) is 2.66. The number of hydrogen-bond acceptors (Lipinski definition) is 3. The van der Waals surface area contributed by atoms with Gasteiger partial charge in [0.1, 0.15) is 10.4 Å². The first kappa shape index (κ1) is 17.5. The Morgan fingerprint density at radius 2 is 1.93 bits per heavy atom. The van der Waals surface area contributed by atoms with E-state index < -0.39 is 9.84 Å². The lowest BCUT2D eigenvalue weighted by atomic mass is 9.87. The van der Waals surface area contributed by atoms with Gasteiger partial charge in [-0.2, -0.15) is 0 Å². The fourth-order valence-electron chi connectivity index (χ4n) is 4.49. The Morgan fingerprint density at radius 1 is 1.11 bits per heavy atom. The van der Waals surface area contributed by atoms with Gasteiger partial charge in [0.25, 0.3) is 0 Å². The van der Waals surface area contributed by atoms with Gasteiger partial charge in [0.2, 0.25) is 9.84 Å². The molecule has 0 aliphatic heterocycles. The summed E-state index contributed by atoms with van der Waals surface area (Å²) in [6, 6.07) is 11.3. The van der Waals surface area contributed by atoms with Crippen LogP contribution in [-0.4, -0.2) is 22.8 Å². The Kier molecular flexibility index (Phi) is 4.05. The Labute approximate surface area is 164 Å². The van der Waals surface area contributed by atoms with Crippen LogP contribution in [0.2, 0.25) is 0 Å². The first-order valence-electron chi connectivity index (χ1n) is 9.85. The number of aromatic nitrogens is 3. The number of aromatic amines is 1. The van der Waals surface area contributed by atoms with Gasteiger partial charge in [-0.05, 0) is 55.5 Å². The average Bonchev–Trinajstić information content (AvgIpc) is 3.32. The lowest BCUT2D eigenvalue weighted by Crippen LogP contribution is -2.09. The molecule has 1 aliphatic rings. The lowest BCUT2D eigenvalue weighted by molar-refractivity contribution is 0.436. The number of hydrogen-bond donors (Lipinski definition) is 1. The van der Waals surface area contributed by atoms with Crippen molar-refractivity contribution < 1.29 is 8.42 Å². The minimum atomic E-state index is -3.65. The fourth-order valence-corrected chi connectivity index (χ4v) is 6.00. The van der Waals surface area contributed by atoms with Crippen molar-refractivity contribution in [2.45, 2.75) is 54.7 Å².